The normalized spacial score (nSPS) is 12.2. The standard InChI is InChI=1S/C18H20ClFN6/c1-10(2)15-8-16(26-25-15)23-17-14(19)9-21-18(24-17)22-11(3)12-4-6-13(20)7-5-12/h4-11H,1-3H3,(H3,21,22,23,24,25,26)/t11-/m0/s1. The lowest BCUT2D eigenvalue weighted by atomic mass is 10.1. The molecule has 1 atom stereocenters. The Morgan fingerprint density at radius 3 is 2.54 bits per heavy atom. The van der Waals surface area contributed by atoms with Crippen LogP contribution in [0.3, 0.4) is 0 Å². The van der Waals surface area contributed by atoms with E-state index in [1.807, 2.05) is 13.0 Å². The summed E-state index contributed by atoms with van der Waals surface area (Å²) in [5, 5.41) is 13.8. The smallest absolute Gasteiger partial charge is 0.225 e. The van der Waals surface area contributed by atoms with Gasteiger partial charge in [-0.2, -0.15) is 10.1 Å². The first kappa shape index (κ1) is 18.1. The molecule has 0 fully saturated rings. The highest BCUT2D eigenvalue weighted by Gasteiger charge is 2.12. The van der Waals surface area contributed by atoms with Gasteiger partial charge in [0.2, 0.25) is 5.95 Å². The Morgan fingerprint density at radius 1 is 1.15 bits per heavy atom. The summed E-state index contributed by atoms with van der Waals surface area (Å²) in [5.74, 6) is 1.57. The molecule has 0 bridgehead atoms. The second-order valence-corrected chi connectivity index (χ2v) is 6.70. The van der Waals surface area contributed by atoms with Crippen molar-refractivity contribution in [2.24, 2.45) is 0 Å². The van der Waals surface area contributed by atoms with Crippen molar-refractivity contribution in [2.45, 2.75) is 32.7 Å². The molecule has 0 spiro atoms. The summed E-state index contributed by atoms with van der Waals surface area (Å²) in [4.78, 5) is 8.61. The molecule has 136 valence electrons. The number of benzene rings is 1. The first-order valence-electron chi connectivity index (χ1n) is 8.29. The summed E-state index contributed by atoms with van der Waals surface area (Å²) in [6, 6.07) is 8.11. The van der Waals surface area contributed by atoms with Crippen LogP contribution in [0.2, 0.25) is 5.02 Å². The van der Waals surface area contributed by atoms with Gasteiger partial charge in [0.1, 0.15) is 10.8 Å². The van der Waals surface area contributed by atoms with Gasteiger partial charge in [0.15, 0.2) is 11.6 Å². The van der Waals surface area contributed by atoms with Crippen molar-refractivity contribution in [3.8, 4) is 0 Å². The van der Waals surface area contributed by atoms with E-state index in [1.165, 1.54) is 18.3 Å². The van der Waals surface area contributed by atoms with Crippen LogP contribution in [0.4, 0.5) is 22.0 Å². The maximum Gasteiger partial charge on any atom is 0.225 e. The summed E-state index contributed by atoms with van der Waals surface area (Å²) in [5.41, 5.74) is 1.94. The zero-order valence-corrected chi connectivity index (χ0v) is 15.5. The first-order valence-corrected chi connectivity index (χ1v) is 8.67. The number of halogens is 2. The lowest BCUT2D eigenvalue weighted by Crippen LogP contribution is -2.10. The zero-order chi connectivity index (χ0) is 18.7. The van der Waals surface area contributed by atoms with Crippen LogP contribution in [0.1, 0.15) is 44.0 Å². The minimum atomic E-state index is -0.269. The number of rotatable bonds is 6. The van der Waals surface area contributed by atoms with E-state index in [0.717, 1.165) is 11.3 Å². The van der Waals surface area contributed by atoms with E-state index in [9.17, 15) is 4.39 Å². The summed E-state index contributed by atoms with van der Waals surface area (Å²) in [6.45, 7) is 6.10. The monoisotopic (exact) mass is 374 g/mol. The number of H-pyrrole nitrogens is 1. The van der Waals surface area contributed by atoms with Gasteiger partial charge in [-0.05, 0) is 30.5 Å². The van der Waals surface area contributed by atoms with Crippen molar-refractivity contribution >= 4 is 29.2 Å². The minimum absolute atomic E-state index is 0.0949. The van der Waals surface area contributed by atoms with Crippen molar-refractivity contribution in [3.63, 3.8) is 0 Å². The molecule has 3 N–H and O–H groups in total. The summed E-state index contributed by atoms with van der Waals surface area (Å²) in [7, 11) is 0. The Morgan fingerprint density at radius 2 is 1.88 bits per heavy atom. The van der Waals surface area contributed by atoms with Gasteiger partial charge in [-0.1, -0.05) is 37.6 Å². The molecule has 0 radical (unpaired) electrons. The van der Waals surface area contributed by atoms with Gasteiger partial charge in [-0.15, -0.1) is 0 Å². The summed E-state index contributed by atoms with van der Waals surface area (Å²) < 4.78 is 13.1. The van der Waals surface area contributed by atoms with E-state index in [4.69, 9.17) is 11.6 Å². The number of aromatic amines is 1. The number of nitrogens with one attached hydrogen (secondary N) is 3. The Labute approximate surface area is 156 Å². The largest absolute Gasteiger partial charge is 0.348 e. The molecule has 2 heterocycles. The van der Waals surface area contributed by atoms with E-state index in [2.05, 4.69) is 44.6 Å². The lowest BCUT2D eigenvalue weighted by Gasteiger charge is -2.15. The van der Waals surface area contributed by atoms with Crippen LogP contribution in [0, 0.1) is 5.82 Å². The molecule has 1 aromatic carbocycles. The molecule has 26 heavy (non-hydrogen) atoms. The van der Waals surface area contributed by atoms with Crippen LogP contribution in [0.5, 0.6) is 0 Å². The third-order valence-corrected chi connectivity index (χ3v) is 4.20. The Hall–Kier alpha value is -2.67. The van der Waals surface area contributed by atoms with Crippen LogP contribution < -0.4 is 10.6 Å². The van der Waals surface area contributed by atoms with Gasteiger partial charge >= 0.3 is 0 Å². The van der Waals surface area contributed by atoms with Crippen LogP contribution >= 0.6 is 11.6 Å². The van der Waals surface area contributed by atoms with Gasteiger partial charge in [0.25, 0.3) is 0 Å². The molecular weight excluding hydrogens is 355 g/mol. The van der Waals surface area contributed by atoms with Crippen molar-refractivity contribution in [3.05, 3.63) is 58.6 Å². The highest BCUT2D eigenvalue weighted by atomic mass is 35.5. The lowest BCUT2D eigenvalue weighted by molar-refractivity contribution is 0.626. The fourth-order valence-electron chi connectivity index (χ4n) is 2.37. The van der Waals surface area contributed by atoms with Crippen LogP contribution in [-0.2, 0) is 0 Å². The average Bonchev–Trinajstić information content (AvgIpc) is 3.07. The van der Waals surface area contributed by atoms with Crippen LogP contribution in [-0.4, -0.2) is 20.2 Å². The van der Waals surface area contributed by atoms with Gasteiger partial charge in [-0.3, -0.25) is 5.10 Å². The number of hydrogen-bond acceptors (Lipinski definition) is 5. The molecule has 0 amide bonds. The van der Waals surface area contributed by atoms with Crippen molar-refractivity contribution in [2.75, 3.05) is 10.6 Å². The van der Waals surface area contributed by atoms with Crippen LogP contribution in [0.25, 0.3) is 0 Å². The molecule has 0 aliphatic heterocycles. The quantitative estimate of drug-likeness (QED) is 0.563. The summed E-state index contributed by atoms with van der Waals surface area (Å²) in [6.07, 6.45) is 1.52. The first-order chi connectivity index (χ1) is 12.4. The fraction of sp³-hybridized carbons (Fsp3) is 0.278. The molecule has 3 aromatic rings. The SMILES string of the molecule is CC(C)c1cc(Nc2nc(N[C@@H](C)c3ccc(F)cc3)ncc2Cl)n[nH]1. The van der Waals surface area contributed by atoms with Crippen molar-refractivity contribution in [1.82, 2.24) is 20.2 Å². The molecule has 2 aromatic heterocycles. The number of aromatic nitrogens is 4. The maximum absolute atomic E-state index is 13.1. The second-order valence-electron chi connectivity index (χ2n) is 6.30. The number of nitrogens with zero attached hydrogens (tertiary/aromatic N) is 3. The minimum Gasteiger partial charge on any atom is -0.348 e. The van der Waals surface area contributed by atoms with E-state index in [0.29, 0.717) is 28.5 Å². The molecule has 0 saturated carbocycles. The zero-order valence-electron chi connectivity index (χ0n) is 14.7. The topological polar surface area (TPSA) is 78.5 Å². The third kappa shape index (κ3) is 4.29. The molecule has 0 unspecified atom stereocenters. The van der Waals surface area contributed by atoms with E-state index in [-0.39, 0.29) is 11.9 Å². The molecule has 0 saturated heterocycles. The molecular formula is C18H20ClFN6. The number of anilines is 3. The second kappa shape index (κ2) is 7.70. The van der Waals surface area contributed by atoms with Gasteiger partial charge in [0.05, 0.1) is 12.2 Å². The Balaban J connectivity index is 1.75. The van der Waals surface area contributed by atoms with Gasteiger partial charge in [0, 0.05) is 11.8 Å². The Bertz CT molecular complexity index is 878. The predicted octanol–water partition coefficient (Wildman–Crippen LogP) is 5.03. The highest BCUT2D eigenvalue weighted by molar-refractivity contribution is 6.32. The maximum atomic E-state index is 13.1. The Kier molecular flexibility index (Phi) is 5.37. The molecule has 3 rings (SSSR count). The van der Waals surface area contributed by atoms with E-state index in [1.54, 1.807) is 12.1 Å². The molecule has 0 aliphatic carbocycles. The fourth-order valence-corrected chi connectivity index (χ4v) is 2.51. The van der Waals surface area contributed by atoms with Crippen molar-refractivity contribution < 1.29 is 4.39 Å². The average molecular weight is 375 g/mol. The van der Waals surface area contributed by atoms with E-state index >= 15 is 0 Å². The molecule has 8 heteroatoms. The number of hydrogen-bond donors (Lipinski definition) is 3. The third-order valence-electron chi connectivity index (χ3n) is 3.93. The van der Waals surface area contributed by atoms with Crippen LogP contribution in [0.15, 0.2) is 36.5 Å². The van der Waals surface area contributed by atoms with Crippen molar-refractivity contribution in [1.29, 1.82) is 0 Å². The highest BCUT2D eigenvalue weighted by Crippen LogP contribution is 2.25. The van der Waals surface area contributed by atoms with Gasteiger partial charge in [-0.25, -0.2) is 9.37 Å². The predicted molar refractivity (Wildman–Crippen MR) is 101 cm³/mol. The van der Waals surface area contributed by atoms with Gasteiger partial charge < -0.3 is 10.6 Å². The molecule has 6 nitrogen and oxygen atoms in total. The summed E-state index contributed by atoms with van der Waals surface area (Å²) >= 11 is 6.19. The molecule has 0 aliphatic rings. The van der Waals surface area contributed by atoms with E-state index < -0.39 is 0 Å².